The number of H-pyrrole nitrogens is 1. The molecule has 0 saturated heterocycles. The van der Waals surface area contributed by atoms with Gasteiger partial charge in [0.2, 0.25) is 5.91 Å². The van der Waals surface area contributed by atoms with E-state index in [9.17, 15) is 27.6 Å². The number of aromatic amines is 1. The van der Waals surface area contributed by atoms with Crippen molar-refractivity contribution in [3.05, 3.63) is 36.9 Å². The smallest absolute Gasteiger partial charge is 0.405 e. The van der Waals surface area contributed by atoms with Gasteiger partial charge in [-0.05, 0) is 25.0 Å². The second-order valence-corrected chi connectivity index (χ2v) is 8.64. The molecule has 0 aliphatic carbocycles. The van der Waals surface area contributed by atoms with Crippen LogP contribution in [0.4, 0.5) is 29.3 Å². The van der Waals surface area contributed by atoms with Gasteiger partial charge in [0.15, 0.2) is 0 Å². The van der Waals surface area contributed by atoms with Gasteiger partial charge in [0.1, 0.15) is 24.3 Å². The Morgan fingerprint density at radius 1 is 1.08 bits per heavy atom. The number of carbonyl (C=O) groups excluding carboxylic acids is 2. The van der Waals surface area contributed by atoms with Crippen LogP contribution in [-0.2, 0) is 9.59 Å². The maximum atomic E-state index is 12.5. The van der Waals surface area contributed by atoms with E-state index < -0.39 is 42.7 Å². The van der Waals surface area contributed by atoms with Crippen LogP contribution in [0.3, 0.4) is 0 Å². The second kappa shape index (κ2) is 11.1. The summed E-state index contributed by atoms with van der Waals surface area (Å²) in [5.41, 5.74) is 2.50. The van der Waals surface area contributed by atoms with Crippen LogP contribution in [0, 0.1) is 5.92 Å². The third-order valence-corrected chi connectivity index (χ3v) is 5.29. The molecule has 3 aromatic rings. The van der Waals surface area contributed by atoms with Gasteiger partial charge in [-0.3, -0.25) is 14.6 Å². The van der Waals surface area contributed by atoms with Crippen LogP contribution < -0.4 is 21.3 Å². The molecule has 3 heterocycles. The van der Waals surface area contributed by atoms with E-state index in [1.54, 1.807) is 38.4 Å². The van der Waals surface area contributed by atoms with E-state index in [1.807, 2.05) is 5.32 Å². The Kier molecular flexibility index (Phi) is 8.20. The molecule has 11 nitrogen and oxygen atoms in total. The highest BCUT2D eigenvalue weighted by Gasteiger charge is 2.30. The van der Waals surface area contributed by atoms with Crippen LogP contribution >= 0.6 is 0 Å². The first kappa shape index (κ1) is 27.2. The number of carboxylic acid groups (broad SMARTS) is 1. The first-order valence-corrected chi connectivity index (χ1v) is 11.2. The number of nitrogens with zero attached hydrogens (tertiary/aromatic N) is 2. The molecule has 0 bridgehead atoms. The lowest BCUT2D eigenvalue weighted by Gasteiger charge is -2.23. The number of anilines is 2. The number of urea groups is 1. The number of aromatic nitrogens is 3. The summed E-state index contributed by atoms with van der Waals surface area (Å²) in [5, 5.41) is 19.2. The molecule has 6 N–H and O–H groups in total. The van der Waals surface area contributed by atoms with Crippen LogP contribution in [0.1, 0.15) is 20.8 Å². The number of nitrogens with one attached hydrogen (secondary N) is 5. The van der Waals surface area contributed by atoms with Gasteiger partial charge in [0.05, 0.1) is 17.6 Å². The number of pyridine rings is 2. The first-order chi connectivity index (χ1) is 17.3. The van der Waals surface area contributed by atoms with Crippen LogP contribution in [0.15, 0.2) is 36.9 Å². The van der Waals surface area contributed by atoms with Crippen molar-refractivity contribution in [2.75, 3.05) is 17.2 Å². The second-order valence-electron chi connectivity index (χ2n) is 8.64. The lowest BCUT2D eigenvalue weighted by atomic mass is 10.0. The summed E-state index contributed by atoms with van der Waals surface area (Å²) in [5.74, 6) is -2.30. The van der Waals surface area contributed by atoms with E-state index in [1.165, 1.54) is 19.3 Å². The number of carboxylic acids is 1. The highest BCUT2D eigenvalue weighted by atomic mass is 19.4. The maximum Gasteiger partial charge on any atom is 0.405 e. The van der Waals surface area contributed by atoms with Gasteiger partial charge in [-0.2, -0.15) is 13.2 Å². The van der Waals surface area contributed by atoms with Gasteiger partial charge in [-0.25, -0.2) is 9.78 Å². The van der Waals surface area contributed by atoms with Crippen molar-refractivity contribution in [1.82, 2.24) is 25.6 Å². The molecule has 0 aliphatic rings. The topological polar surface area (TPSA) is 161 Å². The molecule has 3 aromatic heterocycles. The molecular weight excluding hydrogens is 495 g/mol. The fourth-order valence-electron chi connectivity index (χ4n) is 3.41. The van der Waals surface area contributed by atoms with Crippen LogP contribution in [-0.4, -0.2) is 62.8 Å². The number of fused-ring (bicyclic) bond motifs is 1. The van der Waals surface area contributed by atoms with Crippen LogP contribution in [0.25, 0.3) is 22.2 Å². The molecule has 0 aromatic carbocycles. The van der Waals surface area contributed by atoms with Gasteiger partial charge in [-0.1, -0.05) is 13.8 Å². The Hall–Kier alpha value is -4.36. The summed E-state index contributed by atoms with van der Waals surface area (Å²) < 4.78 is 37.6. The molecule has 0 aliphatic heterocycles. The number of amides is 3. The molecule has 37 heavy (non-hydrogen) atoms. The lowest BCUT2D eigenvalue weighted by Crippen LogP contribution is -2.46. The van der Waals surface area contributed by atoms with E-state index in [2.05, 4.69) is 30.9 Å². The molecule has 14 heteroatoms. The number of hydrogen-bond acceptors (Lipinski definition) is 6. The van der Waals surface area contributed by atoms with Crippen LogP contribution in [0.5, 0.6) is 0 Å². The molecule has 0 radical (unpaired) electrons. The standard InChI is InChI=1S/C23H26F3N7O4/c1-11(2)18(20(34)30-10-23(24,25)26)32-14-4-13(6-27-7-14)17-9-29-19-16(17)5-15(8-28-19)33-22(37)31-12(3)21(35)36/h4-9,11-12,18,32H,10H2,1-3H3,(H,28,29)(H,30,34)(H,35,36)(H2,31,33,37). The summed E-state index contributed by atoms with van der Waals surface area (Å²) in [6, 6.07) is 0.576. The number of hydrogen-bond donors (Lipinski definition) is 6. The molecule has 0 fully saturated rings. The Labute approximate surface area is 209 Å². The molecule has 3 rings (SSSR count). The Morgan fingerprint density at radius 3 is 2.46 bits per heavy atom. The van der Waals surface area contributed by atoms with E-state index in [4.69, 9.17) is 5.11 Å². The largest absolute Gasteiger partial charge is 0.480 e. The molecule has 198 valence electrons. The van der Waals surface area contributed by atoms with Gasteiger partial charge in [0, 0.05) is 35.1 Å². The first-order valence-electron chi connectivity index (χ1n) is 11.2. The molecule has 0 spiro atoms. The fraction of sp³-hybridized carbons (Fsp3) is 0.348. The zero-order valence-corrected chi connectivity index (χ0v) is 20.1. The highest BCUT2D eigenvalue weighted by molar-refractivity contribution is 5.98. The van der Waals surface area contributed by atoms with Gasteiger partial charge >= 0.3 is 18.2 Å². The quantitative estimate of drug-likeness (QED) is 0.252. The zero-order valence-electron chi connectivity index (χ0n) is 20.1. The predicted octanol–water partition coefficient (Wildman–Crippen LogP) is 3.33. The van der Waals surface area contributed by atoms with Crippen molar-refractivity contribution >= 4 is 40.3 Å². The van der Waals surface area contributed by atoms with E-state index in [0.29, 0.717) is 33.5 Å². The minimum Gasteiger partial charge on any atom is -0.480 e. The molecular formula is C23H26F3N7O4. The van der Waals surface area contributed by atoms with Gasteiger partial charge in [0.25, 0.3) is 0 Å². The van der Waals surface area contributed by atoms with Crippen molar-refractivity contribution in [3.8, 4) is 11.1 Å². The Balaban J connectivity index is 1.81. The summed E-state index contributed by atoms with van der Waals surface area (Å²) in [6.07, 6.45) is 1.56. The molecule has 0 saturated carbocycles. The number of alkyl halides is 3. The van der Waals surface area contributed by atoms with E-state index in [0.717, 1.165) is 0 Å². The summed E-state index contributed by atoms with van der Waals surface area (Å²) >= 11 is 0. The van der Waals surface area contributed by atoms with Crippen molar-refractivity contribution < 1.29 is 32.7 Å². The predicted molar refractivity (Wildman–Crippen MR) is 130 cm³/mol. The molecule has 2 atom stereocenters. The van der Waals surface area contributed by atoms with Crippen molar-refractivity contribution in [1.29, 1.82) is 0 Å². The minimum absolute atomic E-state index is 0.312. The third-order valence-electron chi connectivity index (χ3n) is 5.29. The number of aliphatic carboxylic acids is 1. The monoisotopic (exact) mass is 521 g/mol. The molecule has 3 amide bonds. The lowest BCUT2D eigenvalue weighted by molar-refractivity contribution is -0.139. The zero-order chi connectivity index (χ0) is 27.3. The number of carbonyl (C=O) groups is 3. The average Bonchev–Trinajstić information content (AvgIpc) is 3.23. The Morgan fingerprint density at radius 2 is 1.81 bits per heavy atom. The number of rotatable bonds is 9. The normalized spacial score (nSPS) is 13.2. The third kappa shape index (κ3) is 7.32. The van der Waals surface area contributed by atoms with Crippen LogP contribution in [0.2, 0.25) is 0 Å². The van der Waals surface area contributed by atoms with E-state index in [-0.39, 0.29) is 5.92 Å². The van der Waals surface area contributed by atoms with Gasteiger partial charge < -0.3 is 31.4 Å². The van der Waals surface area contributed by atoms with Crippen molar-refractivity contribution in [2.24, 2.45) is 5.92 Å². The summed E-state index contributed by atoms with van der Waals surface area (Å²) in [6.45, 7) is 3.30. The summed E-state index contributed by atoms with van der Waals surface area (Å²) in [4.78, 5) is 46.8. The number of halogens is 3. The SMILES string of the molecule is CC(NC(=O)Nc1cnc2[nH]cc(-c3cncc(NC(C(=O)NCC(F)(F)F)C(C)C)c3)c2c1)C(=O)O. The summed E-state index contributed by atoms with van der Waals surface area (Å²) in [7, 11) is 0. The minimum atomic E-state index is -4.52. The van der Waals surface area contributed by atoms with E-state index >= 15 is 0 Å². The van der Waals surface area contributed by atoms with Crippen molar-refractivity contribution in [3.63, 3.8) is 0 Å². The average molecular weight is 522 g/mol. The van der Waals surface area contributed by atoms with Gasteiger partial charge in [-0.15, -0.1) is 0 Å². The fourth-order valence-corrected chi connectivity index (χ4v) is 3.41. The van der Waals surface area contributed by atoms with Crippen molar-refractivity contribution in [2.45, 2.75) is 39.0 Å². The molecule has 2 unspecified atom stereocenters. The Bertz CT molecular complexity index is 1290. The highest BCUT2D eigenvalue weighted by Crippen LogP contribution is 2.30. The maximum absolute atomic E-state index is 12.5.